The van der Waals surface area contributed by atoms with Crippen LogP contribution in [0.1, 0.15) is 5.69 Å². The molecule has 0 radical (unpaired) electrons. The monoisotopic (exact) mass is 369 g/mol. The molecule has 2 heterocycles. The zero-order valence-corrected chi connectivity index (χ0v) is 14.8. The molecule has 1 saturated heterocycles. The lowest BCUT2D eigenvalue weighted by molar-refractivity contribution is 0.654. The fourth-order valence-electron chi connectivity index (χ4n) is 3.51. The molecule has 0 saturated carbocycles. The lowest BCUT2D eigenvalue weighted by atomic mass is 10.1. The Kier molecular flexibility index (Phi) is 3.77. The first kappa shape index (κ1) is 14.6. The molecule has 23 heavy (non-hydrogen) atoms. The van der Waals surface area contributed by atoms with Crippen LogP contribution in [0.4, 0.5) is 11.4 Å². The van der Waals surface area contributed by atoms with Crippen LogP contribution in [0.2, 0.25) is 0 Å². The number of para-hydroxylation sites is 1. The second kappa shape index (κ2) is 5.93. The molecule has 118 valence electrons. The van der Waals surface area contributed by atoms with Crippen LogP contribution in [0.25, 0.3) is 10.9 Å². The van der Waals surface area contributed by atoms with Gasteiger partial charge >= 0.3 is 0 Å². The Morgan fingerprint density at radius 1 is 0.870 bits per heavy atom. The highest BCUT2D eigenvalue weighted by Gasteiger charge is 2.21. The van der Waals surface area contributed by atoms with E-state index in [1.807, 2.05) is 0 Å². The van der Waals surface area contributed by atoms with Crippen LogP contribution in [-0.4, -0.2) is 31.2 Å². The van der Waals surface area contributed by atoms with E-state index < -0.39 is 0 Å². The minimum atomic E-state index is 1.05. The van der Waals surface area contributed by atoms with Gasteiger partial charge in [-0.2, -0.15) is 0 Å². The highest BCUT2D eigenvalue weighted by atomic mass is 79.9. The first-order valence-electron chi connectivity index (χ1n) is 8.05. The van der Waals surface area contributed by atoms with Crippen LogP contribution >= 0.6 is 15.9 Å². The van der Waals surface area contributed by atoms with Crippen molar-refractivity contribution in [1.82, 2.24) is 4.98 Å². The summed E-state index contributed by atoms with van der Waals surface area (Å²) in [4.78, 5) is 8.50. The minimum absolute atomic E-state index is 1.05. The first-order valence-corrected chi connectivity index (χ1v) is 8.84. The number of anilines is 2. The Hall–Kier alpha value is -1.94. The van der Waals surface area contributed by atoms with Crippen molar-refractivity contribution in [2.45, 2.75) is 6.92 Å². The molecule has 3 aromatic rings. The van der Waals surface area contributed by atoms with Crippen LogP contribution in [-0.2, 0) is 0 Å². The Morgan fingerprint density at radius 3 is 2.26 bits per heavy atom. The van der Waals surface area contributed by atoms with Gasteiger partial charge in [-0.3, -0.25) is 0 Å². The van der Waals surface area contributed by atoms with Crippen molar-refractivity contribution in [3.63, 3.8) is 0 Å². The third-order valence-electron chi connectivity index (χ3n) is 4.65. The fraction of sp³-hybridized carbons (Fsp3) is 0.263. The lowest BCUT2D eigenvalue weighted by Gasteiger charge is -2.37. The quantitative estimate of drug-likeness (QED) is 0.714. The van der Waals surface area contributed by atoms with Gasteiger partial charge in [0.25, 0.3) is 0 Å². The summed E-state index contributed by atoms with van der Waals surface area (Å²) in [6.07, 6.45) is 0. The summed E-state index contributed by atoms with van der Waals surface area (Å²) in [5.41, 5.74) is 5.18. The standard InChI is InChI=1S/C19H20BrN3/c1-14-19(17-4-2-3-5-18(17)21-14)23-12-10-22(11-13-23)16-8-6-15(20)7-9-16/h2-9,21H,10-13H2,1H3. The van der Waals surface area contributed by atoms with Gasteiger partial charge in [0.2, 0.25) is 0 Å². The molecule has 1 aliphatic rings. The van der Waals surface area contributed by atoms with E-state index in [-0.39, 0.29) is 0 Å². The number of benzene rings is 2. The fourth-order valence-corrected chi connectivity index (χ4v) is 3.77. The van der Waals surface area contributed by atoms with Crippen molar-refractivity contribution in [1.29, 1.82) is 0 Å². The van der Waals surface area contributed by atoms with Crippen LogP contribution in [0.5, 0.6) is 0 Å². The van der Waals surface area contributed by atoms with E-state index in [1.165, 1.54) is 28.0 Å². The largest absolute Gasteiger partial charge is 0.368 e. The highest BCUT2D eigenvalue weighted by Crippen LogP contribution is 2.32. The number of fused-ring (bicyclic) bond motifs is 1. The van der Waals surface area contributed by atoms with Crippen molar-refractivity contribution in [3.8, 4) is 0 Å². The number of nitrogens with one attached hydrogen (secondary N) is 1. The molecule has 0 bridgehead atoms. The average molecular weight is 370 g/mol. The number of rotatable bonds is 2. The molecule has 4 rings (SSSR count). The molecule has 0 amide bonds. The number of aromatic amines is 1. The van der Waals surface area contributed by atoms with Crippen LogP contribution in [0.3, 0.4) is 0 Å². The van der Waals surface area contributed by atoms with E-state index in [1.54, 1.807) is 0 Å². The predicted molar refractivity (Wildman–Crippen MR) is 102 cm³/mol. The lowest BCUT2D eigenvalue weighted by Crippen LogP contribution is -2.46. The summed E-state index contributed by atoms with van der Waals surface area (Å²) in [7, 11) is 0. The van der Waals surface area contributed by atoms with Gasteiger partial charge < -0.3 is 14.8 Å². The second-order valence-electron chi connectivity index (χ2n) is 6.09. The van der Waals surface area contributed by atoms with E-state index >= 15 is 0 Å². The van der Waals surface area contributed by atoms with Gasteiger partial charge in [0.15, 0.2) is 0 Å². The molecular formula is C19H20BrN3. The number of piperazine rings is 1. The van der Waals surface area contributed by atoms with Crippen molar-refractivity contribution < 1.29 is 0 Å². The summed E-state index contributed by atoms with van der Waals surface area (Å²) in [6.45, 7) is 6.40. The number of hydrogen-bond acceptors (Lipinski definition) is 2. The molecule has 1 N–H and O–H groups in total. The van der Waals surface area contributed by atoms with E-state index in [0.717, 1.165) is 30.7 Å². The number of aromatic nitrogens is 1. The zero-order chi connectivity index (χ0) is 15.8. The number of aryl methyl sites for hydroxylation is 1. The number of halogens is 1. The minimum Gasteiger partial charge on any atom is -0.368 e. The molecule has 4 heteroatoms. The second-order valence-corrected chi connectivity index (χ2v) is 7.01. The van der Waals surface area contributed by atoms with Gasteiger partial charge in [-0.05, 0) is 37.3 Å². The summed E-state index contributed by atoms with van der Waals surface area (Å²) >= 11 is 3.51. The highest BCUT2D eigenvalue weighted by molar-refractivity contribution is 9.10. The van der Waals surface area contributed by atoms with Crippen LogP contribution < -0.4 is 9.80 Å². The van der Waals surface area contributed by atoms with Gasteiger partial charge in [-0.15, -0.1) is 0 Å². The van der Waals surface area contributed by atoms with E-state index in [2.05, 4.69) is 86.2 Å². The Bertz CT molecular complexity index is 814. The molecule has 0 spiro atoms. The number of nitrogens with zero attached hydrogens (tertiary/aromatic N) is 2. The first-order chi connectivity index (χ1) is 11.2. The SMILES string of the molecule is Cc1[nH]c2ccccc2c1N1CCN(c2ccc(Br)cc2)CC1. The van der Waals surface area contributed by atoms with Gasteiger partial charge in [0.1, 0.15) is 0 Å². The Labute approximate surface area is 145 Å². The van der Waals surface area contributed by atoms with Crippen molar-refractivity contribution in [2.75, 3.05) is 36.0 Å². The Balaban J connectivity index is 1.55. The Morgan fingerprint density at radius 2 is 1.52 bits per heavy atom. The molecule has 1 aromatic heterocycles. The summed E-state index contributed by atoms with van der Waals surface area (Å²) in [5.74, 6) is 0. The van der Waals surface area contributed by atoms with Gasteiger partial charge in [0.05, 0.1) is 5.69 Å². The third kappa shape index (κ3) is 2.72. The van der Waals surface area contributed by atoms with Crippen LogP contribution in [0, 0.1) is 6.92 Å². The summed E-state index contributed by atoms with van der Waals surface area (Å²) < 4.78 is 1.13. The maximum absolute atomic E-state index is 3.51. The molecule has 2 aromatic carbocycles. The van der Waals surface area contributed by atoms with E-state index in [4.69, 9.17) is 0 Å². The molecule has 0 atom stereocenters. The smallest absolute Gasteiger partial charge is 0.0655 e. The molecule has 0 aliphatic carbocycles. The number of H-pyrrole nitrogens is 1. The maximum atomic E-state index is 3.51. The van der Waals surface area contributed by atoms with Gasteiger partial charge in [-0.25, -0.2) is 0 Å². The van der Waals surface area contributed by atoms with Crippen molar-refractivity contribution >= 4 is 38.2 Å². The van der Waals surface area contributed by atoms with Gasteiger partial charge in [-0.1, -0.05) is 34.1 Å². The maximum Gasteiger partial charge on any atom is 0.0655 e. The molecule has 0 unspecified atom stereocenters. The summed E-state index contributed by atoms with van der Waals surface area (Å²) in [6, 6.07) is 17.2. The van der Waals surface area contributed by atoms with Crippen LogP contribution in [0.15, 0.2) is 53.0 Å². The number of hydrogen-bond donors (Lipinski definition) is 1. The molecule has 3 nitrogen and oxygen atoms in total. The normalized spacial score (nSPS) is 15.4. The van der Waals surface area contributed by atoms with Crippen molar-refractivity contribution in [3.05, 3.63) is 58.7 Å². The third-order valence-corrected chi connectivity index (χ3v) is 5.18. The zero-order valence-electron chi connectivity index (χ0n) is 13.2. The van der Waals surface area contributed by atoms with Crippen molar-refractivity contribution in [2.24, 2.45) is 0 Å². The van der Waals surface area contributed by atoms with Gasteiger partial charge in [0, 0.05) is 52.9 Å². The average Bonchev–Trinajstić information content (AvgIpc) is 2.91. The van der Waals surface area contributed by atoms with E-state index in [0.29, 0.717) is 0 Å². The summed E-state index contributed by atoms with van der Waals surface area (Å²) in [5, 5.41) is 1.34. The molecular weight excluding hydrogens is 350 g/mol. The molecule has 1 aliphatic heterocycles. The van der Waals surface area contributed by atoms with E-state index in [9.17, 15) is 0 Å². The topological polar surface area (TPSA) is 22.3 Å². The predicted octanol–water partition coefficient (Wildman–Crippen LogP) is 4.57. The molecule has 1 fully saturated rings.